The van der Waals surface area contributed by atoms with Crippen LogP contribution in [0.4, 0.5) is 16.2 Å². The first-order valence-corrected chi connectivity index (χ1v) is 8.33. The van der Waals surface area contributed by atoms with Gasteiger partial charge in [0.15, 0.2) is 0 Å². The molecule has 25 heavy (non-hydrogen) atoms. The van der Waals surface area contributed by atoms with Gasteiger partial charge in [0.2, 0.25) is 0 Å². The van der Waals surface area contributed by atoms with Crippen LogP contribution >= 0.6 is 0 Å². The van der Waals surface area contributed by atoms with Gasteiger partial charge < -0.3 is 5.73 Å². The molecule has 0 aliphatic rings. The number of pyridine rings is 1. The van der Waals surface area contributed by atoms with Crippen LogP contribution in [0.1, 0.15) is 23.6 Å². The van der Waals surface area contributed by atoms with E-state index in [-0.39, 0.29) is 0 Å². The molecule has 0 saturated heterocycles. The minimum atomic E-state index is -0.494. The van der Waals surface area contributed by atoms with Gasteiger partial charge >= 0.3 is 6.03 Å². The van der Waals surface area contributed by atoms with E-state index in [4.69, 9.17) is 5.73 Å². The number of aromatic nitrogens is 1. The zero-order valence-electron chi connectivity index (χ0n) is 14.2. The van der Waals surface area contributed by atoms with E-state index < -0.39 is 6.03 Å². The summed E-state index contributed by atoms with van der Waals surface area (Å²) >= 11 is 0. The second-order valence-electron chi connectivity index (χ2n) is 5.89. The number of carbonyl (C=O) groups is 1. The van der Waals surface area contributed by atoms with E-state index in [1.165, 1.54) is 21.6 Å². The zero-order chi connectivity index (χ0) is 17.6. The highest BCUT2D eigenvalue weighted by Gasteiger charge is 2.14. The summed E-state index contributed by atoms with van der Waals surface area (Å²) in [6.45, 7) is 2.10. The van der Waals surface area contributed by atoms with Crippen LogP contribution in [0.5, 0.6) is 0 Å². The van der Waals surface area contributed by atoms with Gasteiger partial charge in [-0.1, -0.05) is 31.2 Å². The Morgan fingerprint density at radius 1 is 0.840 bits per heavy atom. The molecule has 0 bridgehead atoms. The zero-order valence-corrected chi connectivity index (χ0v) is 14.2. The summed E-state index contributed by atoms with van der Waals surface area (Å²) in [5.74, 6) is 0. The van der Waals surface area contributed by atoms with E-state index in [9.17, 15) is 4.79 Å². The van der Waals surface area contributed by atoms with Crippen molar-refractivity contribution >= 4 is 17.4 Å². The standard InChI is InChI=1S/C21H21N3O/c1-2-16-3-7-19(8-4-16)24(21(22)25)20-9-5-17(6-10-20)15-18-11-13-23-14-12-18/h3-14H,2,15H2,1H3,(H2,22,25). The molecule has 2 N–H and O–H groups in total. The molecule has 3 aromatic rings. The number of hydrogen-bond donors (Lipinski definition) is 1. The predicted molar refractivity (Wildman–Crippen MR) is 101 cm³/mol. The summed E-state index contributed by atoms with van der Waals surface area (Å²) in [5, 5.41) is 0. The summed E-state index contributed by atoms with van der Waals surface area (Å²) in [5.41, 5.74) is 10.7. The third-order valence-electron chi connectivity index (χ3n) is 4.18. The van der Waals surface area contributed by atoms with Gasteiger partial charge in [0.1, 0.15) is 0 Å². The monoisotopic (exact) mass is 331 g/mol. The van der Waals surface area contributed by atoms with Gasteiger partial charge in [-0.25, -0.2) is 4.79 Å². The predicted octanol–water partition coefficient (Wildman–Crippen LogP) is 4.45. The average molecular weight is 331 g/mol. The first kappa shape index (κ1) is 16.7. The molecule has 126 valence electrons. The van der Waals surface area contributed by atoms with E-state index in [1.807, 2.05) is 60.7 Å². The molecule has 1 aromatic heterocycles. The highest BCUT2D eigenvalue weighted by molar-refractivity contribution is 5.98. The van der Waals surface area contributed by atoms with Crippen molar-refractivity contribution in [2.24, 2.45) is 5.73 Å². The van der Waals surface area contributed by atoms with Crippen LogP contribution in [-0.4, -0.2) is 11.0 Å². The number of carbonyl (C=O) groups excluding carboxylic acids is 1. The quantitative estimate of drug-likeness (QED) is 0.751. The molecule has 2 amide bonds. The molecule has 4 nitrogen and oxygen atoms in total. The van der Waals surface area contributed by atoms with E-state index in [2.05, 4.69) is 11.9 Å². The lowest BCUT2D eigenvalue weighted by molar-refractivity contribution is 0.256. The van der Waals surface area contributed by atoms with Crippen LogP contribution in [0.3, 0.4) is 0 Å². The molecular formula is C21H21N3O. The normalized spacial score (nSPS) is 10.4. The van der Waals surface area contributed by atoms with Gasteiger partial charge in [-0.05, 0) is 65.9 Å². The van der Waals surface area contributed by atoms with Crippen LogP contribution in [0.15, 0.2) is 73.1 Å². The molecule has 4 heteroatoms. The number of nitrogens with two attached hydrogens (primary N) is 1. The summed E-state index contributed by atoms with van der Waals surface area (Å²) in [4.78, 5) is 17.5. The van der Waals surface area contributed by atoms with Crippen LogP contribution in [0.25, 0.3) is 0 Å². The van der Waals surface area contributed by atoms with Crippen LogP contribution in [0, 0.1) is 0 Å². The fourth-order valence-electron chi connectivity index (χ4n) is 2.78. The molecule has 3 rings (SSSR count). The molecule has 0 radical (unpaired) electrons. The Morgan fingerprint density at radius 2 is 1.32 bits per heavy atom. The van der Waals surface area contributed by atoms with E-state index in [0.29, 0.717) is 0 Å². The number of urea groups is 1. The largest absolute Gasteiger partial charge is 0.351 e. The van der Waals surface area contributed by atoms with Crippen LogP contribution in [-0.2, 0) is 12.8 Å². The molecule has 0 aliphatic carbocycles. The SMILES string of the molecule is CCc1ccc(N(C(N)=O)c2ccc(Cc3ccncc3)cc2)cc1. The van der Waals surface area contributed by atoms with Gasteiger partial charge in [-0.15, -0.1) is 0 Å². The average Bonchev–Trinajstić information content (AvgIpc) is 2.64. The Kier molecular flexibility index (Phi) is 5.09. The fraction of sp³-hybridized carbons (Fsp3) is 0.143. The smallest absolute Gasteiger partial charge is 0.323 e. The van der Waals surface area contributed by atoms with Crippen molar-refractivity contribution in [2.75, 3.05) is 4.90 Å². The lowest BCUT2D eigenvalue weighted by Gasteiger charge is -2.21. The number of anilines is 2. The molecule has 1 heterocycles. The van der Waals surface area contributed by atoms with Gasteiger partial charge in [0, 0.05) is 12.4 Å². The second kappa shape index (κ2) is 7.62. The van der Waals surface area contributed by atoms with Gasteiger partial charge in [-0.2, -0.15) is 0 Å². The fourth-order valence-corrected chi connectivity index (χ4v) is 2.78. The number of primary amides is 1. The Hall–Kier alpha value is -3.14. The lowest BCUT2D eigenvalue weighted by Crippen LogP contribution is -2.31. The van der Waals surface area contributed by atoms with Crippen molar-refractivity contribution in [3.8, 4) is 0 Å². The summed E-state index contributed by atoms with van der Waals surface area (Å²) in [7, 11) is 0. The molecule has 0 spiro atoms. The third-order valence-corrected chi connectivity index (χ3v) is 4.18. The van der Waals surface area contributed by atoms with E-state index >= 15 is 0 Å². The van der Waals surface area contributed by atoms with Gasteiger partial charge in [-0.3, -0.25) is 9.88 Å². The lowest BCUT2D eigenvalue weighted by atomic mass is 10.1. The maximum Gasteiger partial charge on any atom is 0.323 e. The van der Waals surface area contributed by atoms with Crippen molar-refractivity contribution < 1.29 is 4.79 Å². The summed E-state index contributed by atoms with van der Waals surface area (Å²) in [6, 6.07) is 19.3. The molecule has 0 atom stereocenters. The van der Waals surface area contributed by atoms with Crippen molar-refractivity contribution in [1.82, 2.24) is 4.98 Å². The number of hydrogen-bond acceptors (Lipinski definition) is 2. The topological polar surface area (TPSA) is 59.2 Å². The Balaban J connectivity index is 1.83. The highest BCUT2D eigenvalue weighted by atomic mass is 16.2. The van der Waals surface area contributed by atoms with Crippen molar-refractivity contribution in [3.63, 3.8) is 0 Å². The minimum Gasteiger partial charge on any atom is -0.351 e. The Bertz CT molecular complexity index is 827. The number of nitrogens with zero attached hydrogens (tertiary/aromatic N) is 2. The van der Waals surface area contributed by atoms with Crippen molar-refractivity contribution in [3.05, 3.63) is 89.7 Å². The van der Waals surface area contributed by atoms with Gasteiger partial charge in [0.05, 0.1) is 11.4 Å². The van der Waals surface area contributed by atoms with E-state index in [1.54, 1.807) is 12.4 Å². The Labute approximate surface area is 147 Å². The number of rotatable bonds is 5. The summed E-state index contributed by atoms with van der Waals surface area (Å²) in [6.07, 6.45) is 5.36. The van der Waals surface area contributed by atoms with Crippen molar-refractivity contribution in [2.45, 2.75) is 19.8 Å². The first-order valence-electron chi connectivity index (χ1n) is 8.33. The molecule has 0 fully saturated rings. The number of aryl methyl sites for hydroxylation is 1. The summed E-state index contributed by atoms with van der Waals surface area (Å²) < 4.78 is 0. The van der Waals surface area contributed by atoms with Gasteiger partial charge in [0.25, 0.3) is 0 Å². The molecule has 2 aromatic carbocycles. The highest BCUT2D eigenvalue weighted by Crippen LogP contribution is 2.26. The maximum absolute atomic E-state index is 12.0. The first-order chi connectivity index (χ1) is 12.2. The maximum atomic E-state index is 12.0. The third kappa shape index (κ3) is 4.04. The van der Waals surface area contributed by atoms with Crippen molar-refractivity contribution in [1.29, 1.82) is 0 Å². The second-order valence-corrected chi connectivity index (χ2v) is 5.89. The van der Waals surface area contributed by atoms with Crippen LogP contribution < -0.4 is 10.6 Å². The van der Waals surface area contributed by atoms with E-state index in [0.717, 1.165) is 24.2 Å². The molecule has 0 unspecified atom stereocenters. The Morgan fingerprint density at radius 3 is 1.80 bits per heavy atom. The molecular weight excluding hydrogens is 310 g/mol. The molecule has 0 saturated carbocycles. The van der Waals surface area contributed by atoms with Crippen LogP contribution in [0.2, 0.25) is 0 Å². The number of benzene rings is 2. The minimum absolute atomic E-state index is 0.494. The number of amides is 2. The molecule has 0 aliphatic heterocycles.